The molecule has 2 saturated heterocycles. The maximum absolute atomic E-state index is 12.6. The van der Waals surface area contributed by atoms with Gasteiger partial charge in [0, 0.05) is 50.3 Å². The van der Waals surface area contributed by atoms with E-state index in [0.29, 0.717) is 23.7 Å². The SMILES string of the molecule is O=C(C1CCOCC1)N1C[C@@H]2C(CNc3nc(-c4ccccn4)cs3)[C@@H]2C1. The van der Waals surface area contributed by atoms with Gasteiger partial charge in [-0.3, -0.25) is 9.78 Å². The first-order chi connectivity index (χ1) is 13.3. The lowest BCUT2D eigenvalue weighted by Gasteiger charge is -2.28. The van der Waals surface area contributed by atoms with Crippen LogP contribution in [0.4, 0.5) is 5.13 Å². The van der Waals surface area contributed by atoms with Gasteiger partial charge in [0.25, 0.3) is 0 Å². The number of nitrogens with one attached hydrogen (secondary N) is 1. The van der Waals surface area contributed by atoms with Crippen LogP contribution in [0.5, 0.6) is 0 Å². The molecule has 4 heterocycles. The molecule has 0 radical (unpaired) electrons. The fourth-order valence-corrected chi connectivity index (χ4v) is 5.24. The molecule has 2 aliphatic heterocycles. The van der Waals surface area contributed by atoms with Gasteiger partial charge in [0.05, 0.1) is 5.69 Å². The second kappa shape index (κ2) is 7.20. The third kappa shape index (κ3) is 3.46. The number of carbonyl (C=O) groups excluding carboxylic acids is 1. The Morgan fingerprint density at radius 3 is 2.78 bits per heavy atom. The second-order valence-electron chi connectivity index (χ2n) is 7.76. The number of nitrogens with zero attached hydrogens (tertiary/aromatic N) is 3. The number of likely N-dealkylation sites (tertiary alicyclic amines) is 1. The average Bonchev–Trinajstić information content (AvgIpc) is 3.10. The van der Waals surface area contributed by atoms with Crippen LogP contribution >= 0.6 is 11.3 Å². The number of pyridine rings is 1. The van der Waals surface area contributed by atoms with Crippen LogP contribution in [0.25, 0.3) is 11.4 Å². The highest BCUT2D eigenvalue weighted by Gasteiger charge is 2.56. The van der Waals surface area contributed by atoms with E-state index in [1.165, 1.54) is 0 Å². The van der Waals surface area contributed by atoms with Crippen molar-refractivity contribution in [1.82, 2.24) is 14.9 Å². The quantitative estimate of drug-likeness (QED) is 0.859. The zero-order valence-corrected chi connectivity index (χ0v) is 16.0. The van der Waals surface area contributed by atoms with Crippen LogP contribution in [0.15, 0.2) is 29.8 Å². The first-order valence-corrected chi connectivity index (χ1v) is 10.6. The molecule has 1 aliphatic carbocycles. The van der Waals surface area contributed by atoms with Gasteiger partial charge in [-0.2, -0.15) is 0 Å². The molecule has 3 aliphatic rings. The second-order valence-corrected chi connectivity index (χ2v) is 8.61. The molecule has 2 aromatic heterocycles. The van der Waals surface area contributed by atoms with Gasteiger partial charge in [-0.25, -0.2) is 4.98 Å². The summed E-state index contributed by atoms with van der Waals surface area (Å²) >= 11 is 1.63. The highest BCUT2D eigenvalue weighted by Crippen LogP contribution is 2.52. The van der Waals surface area contributed by atoms with Crippen molar-refractivity contribution in [1.29, 1.82) is 0 Å². The molecule has 5 rings (SSSR count). The van der Waals surface area contributed by atoms with Crippen LogP contribution in [0.2, 0.25) is 0 Å². The molecule has 0 spiro atoms. The standard InChI is InChI=1S/C20H24N4O2S/c25-19(13-4-7-26-8-5-13)24-10-15-14(16(15)11-24)9-22-20-23-18(12-27-20)17-3-1-2-6-21-17/h1-3,6,12-16H,4-5,7-11H2,(H,22,23)/t14?,15-,16+. The Morgan fingerprint density at radius 2 is 2.04 bits per heavy atom. The molecule has 2 aromatic rings. The van der Waals surface area contributed by atoms with E-state index in [0.717, 1.165) is 62.2 Å². The van der Waals surface area contributed by atoms with Gasteiger partial charge in [0.1, 0.15) is 5.69 Å². The smallest absolute Gasteiger partial charge is 0.225 e. The summed E-state index contributed by atoms with van der Waals surface area (Å²) < 4.78 is 5.38. The van der Waals surface area contributed by atoms with E-state index in [9.17, 15) is 4.79 Å². The molecule has 7 heteroatoms. The van der Waals surface area contributed by atoms with Crippen LogP contribution in [0.3, 0.4) is 0 Å². The summed E-state index contributed by atoms with van der Waals surface area (Å²) in [5.41, 5.74) is 1.83. The number of fused-ring (bicyclic) bond motifs is 1. The van der Waals surface area contributed by atoms with E-state index in [4.69, 9.17) is 4.74 Å². The summed E-state index contributed by atoms with van der Waals surface area (Å²) in [7, 11) is 0. The number of carbonyl (C=O) groups is 1. The van der Waals surface area contributed by atoms with Gasteiger partial charge in [-0.1, -0.05) is 6.07 Å². The van der Waals surface area contributed by atoms with E-state index in [2.05, 4.69) is 20.2 Å². The first-order valence-electron chi connectivity index (χ1n) is 9.77. The van der Waals surface area contributed by atoms with Crippen molar-refractivity contribution in [2.75, 3.05) is 38.2 Å². The normalized spacial score (nSPS) is 27.4. The van der Waals surface area contributed by atoms with Crippen molar-refractivity contribution in [2.45, 2.75) is 12.8 Å². The molecule has 0 aromatic carbocycles. The topological polar surface area (TPSA) is 67.3 Å². The zero-order chi connectivity index (χ0) is 18.2. The summed E-state index contributed by atoms with van der Waals surface area (Å²) in [5.74, 6) is 2.55. The number of rotatable bonds is 5. The van der Waals surface area contributed by atoms with Crippen molar-refractivity contribution >= 4 is 22.4 Å². The maximum atomic E-state index is 12.6. The highest BCUT2D eigenvalue weighted by molar-refractivity contribution is 7.14. The lowest BCUT2D eigenvalue weighted by atomic mass is 9.98. The molecule has 3 atom stereocenters. The predicted molar refractivity (Wildman–Crippen MR) is 104 cm³/mol. The molecule has 1 unspecified atom stereocenters. The number of piperidine rings is 1. The molecule has 6 nitrogen and oxygen atoms in total. The Hall–Kier alpha value is -1.99. The number of hydrogen-bond acceptors (Lipinski definition) is 6. The lowest BCUT2D eigenvalue weighted by molar-refractivity contribution is -0.138. The van der Waals surface area contributed by atoms with E-state index in [-0.39, 0.29) is 5.92 Å². The van der Waals surface area contributed by atoms with Crippen LogP contribution in [-0.4, -0.2) is 53.6 Å². The molecule has 1 amide bonds. The molecule has 142 valence electrons. The van der Waals surface area contributed by atoms with E-state index < -0.39 is 0 Å². The first kappa shape index (κ1) is 17.1. The van der Waals surface area contributed by atoms with Crippen LogP contribution in [0.1, 0.15) is 12.8 Å². The fraction of sp³-hybridized carbons (Fsp3) is 0.550. The van der Waals surface area contributed by atoms with E-state index >= 15 is 0 Å². The molecule has 3 fully saturated rings. The zero-order valence-electron chi connectivity index (χ0n) is 15.2. The molecular formula is C20H24N4O2S. The molecule has 1 saturated carbocycles. The summed E-state index contributed by atoms with van der Waals surface area (Å²) in [6.45, 7) is 4.29. The van der Waals surface area contributed by atoms with Crippen LogP contribution in [-0.2, 0) is 9.53 Å². The van der Waals surface area contributed by atoms with Gasteiger partial charge in [-0.15, -0.1) is 11.3 Å². The van der Waals surface area contributed by atoms with Crippen molar-refractivity contribution in [2.24, 2.45) is 23.7 Å². The highest BCUT2D eigenvalue weighted by atomic mass is 32.1. The van der Waals surface area contributed by atoms with Gasteiger partial charge >= 0.3 is 0 Å². The van der Waals surface area contributed by atoms with Crippen LogP contribution in [0, 0.1) is 23.7 Å². The maximum Gasteiger partial charge on any atom is 0.225 e. The van der Waals surface area contributed by atoms with Gasteiger partial charge in [0.15, 0.2) is 5.13 Å². The lowest BCUT2D eigenvalue weighted by Crippen LogP contribution is -2.39. The van der Waals surface area contributed by atoms with E-state index in [1.54, 1.807) is 17.5 Å². The predicted octanol–water partition coefficient (Wildman–Crippen LogP) is 2.75. The Kier molecular flexibility index (Phi) is 4.57. The summed E-state index contributed by atoms with van der Waals surface area (Å²) in [6, 6.07) is 5.87. The van der Waals surface area contributed by atoms with Crippen molar-refractivity contribution < 1.29 is 9.53 Å². The van der Waals surface area contributed by atoms with E-state index in [1.807, 2.05) is 23.6 Å². The molecular weight excluding hydrogens is 360 g/mol. The number of hydrogen-bond donors (Lipinski definition) is 1. The third-order valence-electron chi connectivity index (χ3n) is 6.17. The summed E-state index contributed by atoms with van der Waals surface area (Å²) in [6.07, 6.45) is 3.57. The number of ether oxygens (including phenoxy) is 1. The fourth-order valence-electron chi connectivity index (χ4n) is 4.53. The number of thiazole rings is 1. The largest absolute Gasteiger partial charge is 0.381 e. The Morgan fingerprint density at radius 1 is 1.22 bits per heavy atom. The summed E-state index contributed by atoms with van der Waals surface area (Å²) in [5, 5.41) is 6.50. The Bertz CT molecular complexity index is 793. The van der Waals surface area contributed by atoms with Crippen molar-refractivity contribution in [3.8, 4) is 11.4 Å². The Labute approximate surface area is 163 Å². The minimum atomic E-state index is 0.188. The van der Waals surface area contributed by atoms with Gasteiger partial charge in [-0.05, 0) is 42.7 Å². The monoisotopic (exact) mass is 384 g/mol. The van der Waals surface area contributed by atoms with Crippen molar-refractivity contribution in [3.05, 3.63) is 29.8 Å². The number of amides is 1. The molecule has 27 heavy (non-hydrogen) atoms. The van der Waals surface area contributed by atoms with Gasteiger partial charge < -0.3 is 15.0 Å². The van der Waals surface area contributed by atoms with Crippen LogP contribution < -0.4 is 5.32 Å². The molecule has 0 bridgehead atoms. The minimum Gasteiger partial charge on any atom is -0.381 e. The molecule has 1 N–H and O–H groups in total. The average molecular weight is 385 g/mol. The Balaban J connectivity index is 1.10. The minimum absolute atomic E-state index is 0.188. The number of aromatic nitrogens is 2. The summed E-state index contributed by atoms with van der Waals surface area (Å²) in [4.78, 5) is 23.7. The third-order valence-corrected chi connectivity index (χ3v) is 6.97. The van der Waals surface area contributed by atoms with Crippen molar-refractivity contribution in [3.63, 3.8) is 0 Å². The van der Waals surface area contributed by atoms with Gasteiger partial charge in [0.2, 0.25) is 5.91 Å². The number of anilines is 1.